The molecule has 1 atom stereocenters. The summed E-state index contributed by atoms with van der Waals surface area (Å²) in [6.45, 7) is 4.97. The Balaban J connectivity index is 1.31. The first kappa shape index (κ1) is 18.8. The van der Waals surface area contributed by atoms with Crippen LogP contribution in [0.5, 0.6) is 0 Å². The molecule has 0 saturated carbocycles. The van der Waals surface area contributed by atoms with Crippen LogP contribution >= 0.6 is 0 Å². The lowest BCUT2D eigenvalue weighted by Crippen LogP contribution is -2.48. The van der Waals surface area contributed by atoms with Gasteiger partial charge in [0, 0.05) is 12.6 Å². The highest BCUT2D eigenvalue weighted by molar-refractivity contribution is 6.22. The molecule has 2 aromatic carbocycles. The molecule has 1 N–H and O–H groups in total. The lowest BCUT2D eigenvalue weighted by Gasteiger charge is -2.33. The Labute approximate surface area is 166 Å². The first-order chi connectivity index (χ1) is 13.6. The molecule has 2 aliphatic heterocycles. The molecule has 0 radical (unpaired) electrons. The third-order valence-corrected chi connectivity index (χ3v) is 5.71. The maximum atomic E-state index is 12.8. The molecule has 146 valence electrons. The zero-order valence-corrected chi connectivity index (χ0v) is 16.3. The van der Waals surface area contributed by atoms with E-state index in [4.69, 9.17) is 0 Å². The average Bonchev–Trinajstić information content (AvgIpc) is 2.98. The van der Waals surface area contributed by atoms with E-state index in [-0.39, 0.29) is 24.3 Å². The summed E-state index contributed by atoms with van der Waals surface area (Å²) in [6.07, 6.45) is 2.24. The molecule has 2 fully saturated rings. The van der Waals surface area contributed by atoms with Crippen LogP contribution in [0, 0.1) is 6.92 Å². The van der Waals surface area contributed by atoms with E-state index in [0.717, 1.165) is 38.0 Å². The number of amides is 2. The molecule has 2 amide bonds. The molecule has 2 aromatic rings. The standard InChI is InChI=1S/C23H27N3O2/c1-17-7-9-20(10-8-17)26-22(27)15-21(23(26)28)24-19-11-13-25(14-12-19)16-18-5-3-2-4-6-18/h2-10,19,21,24H,11-16H2,1H3/t21-/m0/s1. The summed E-state index contributed by atoms with van der Waals surface area (Å²) in [5, 5.41) is 3.45. The van der Waals surface area contributed by atoms with Crippen LogP contribution in [0.1, 0.15) is 30.4 Å². The Kier molecular flexibility index (Phi) is 5.55. The van der Waals surface area contributed by atoms with E-state index < -0.39 is 6.04 Å². The van der Waals surface area contributed by atoms with E-state index in [1.807, 2.05) is 37.3 Å². The summed E-state index contributed by atoms with van der Waals surface area (Å²) in [6, 6.07) is 17.9. The maximum absolute atomic E-state index is 12.8. The number of nitrogens with one attached hydrogen (secondary N) is 1. The third-order valence-electron chi connectivity index (χ3n) is 5.71. The number of imide groups is 1. The highest BCUT2D eigenvalue weighted by atomic mass is 16.2. The third kappa shape index (κ3) is 4.16. The van der Waals surface area contributed by atoms with Crippen LogP contribution in [-0.4, -0.2) is 41.9 Å². The molecule has 0 spiro atoms. The number of hydrogen-bond acceptors (Lipinski definition) is 4. The highest BCUT2D eigenvalue weighted by Gasteiger charge is 2.40. The molecule has 0 bridgehead atoms. The van der Waals surface area contributed by atoms with Gasteiger partial charge in [0.25, 0.3) is 5.91 Å². The molecule has 0 unspecified atom stereocenters. The van der Waals surface area contributed by atoms with Crippen molar-refractivity contribution in [2.75, 3.05) is 18.0 Å². The van der Waals surface area contributed by atoms with E-state index in [1.54, 1.807) is 0 Å². The van der Waals surface area contributed by atoms with Crippen LogP contribution in [0.2, 0.25) is 0 Å². The number of piperidine rings is 1. The minimum Gasteiger partial charge on any atom is -0.303 e. The Morgan fingerprint density at radius 2 is 1.64 bits per heavy atom. The van der Waals surface area contributed by atoms with Gasteiger partial charge >= 0.3 is 0 Å². The van der Waals surface area contributed by atoms with Crippen molar-refractivity contribution in [1.82, 2.24) is 10.2 Å². The number of aryl methyl sites for hydroxylation is 1. The molecule has 0 aliphatic carbocycles. The van der Waals surface area contributed by atoms with Crippen molar-refractivity contribution >= 4 is 17.5 Å². The van der Waals surface area contributed by atoms with Crippen molar-refractivity contribution in [2.24, 2.45) is 0 Å². The number of anilines is 1. The van der Waals surface area contributed by atoms with Gasteiger partial charge in [0.15, 0.2) is 0 Å². The lowest BCUT2D eigenvalue weighted by molar-refractivity contribution is -0.121. The largest absolute Gasteiger partial charge is 0.303 e. The number of rotatable bonds is 5. The second-order valence-corrected chi connectivity index (χ2v) is 7.86. The van der Waals surface area contributed by atoms with E-state index in [2.05, 4.69) is 34.5 Å². The van der Waals surface area contributed by atoms with E-state index >= 15 is 0 Å². The average molecular weight is 377 g/mol. The van der Waals surface area contributed by atoms with Crippen molar-refractivity contribution in [1.29, 1.82) is 0 Å². The minimum atomic E-state index is -0.403. The number of likely N-dealkylation sites (tertiary alicyclic amines) is 1. The van der Waals surface area contributed by atoms with Crippen LogP contribution in [0.15, 0.2) is 54.6 Å². The van der Waals surface area contributed by atoms with Crippen molar-refractivity contribution < 1.29 is 9.59 Å². The van der Waals surface area contributed by atoms with Crippen molar-refractivity contribution in [3.05, 3.63) is 65.7 Å². The van der Waals surface area contributed by atoms with Gasteiger partial charge in [0.05, 0.1) is 18.2 Å². The van der Waals surface area contributed by atoms with Crippen molar-refractivity contribution in [3.8, 4) is 0 Å². The molecule has 2 saturated heterocycles. The smallest absolute Gasteiger partial charge is 0.251 e. The van der Waals surface area contributed by atoms with Gasteiger partial charge in [-0.15, -0.1) is 0 Å². The number of carbonyl (C=O) groups is 2. The first-order valence-corrected chi connectivity index (χ1v) is 10.1. The van der Waals surface area contributed by atoms with Crippen molar-refractivity contribution in [2.45, 2.75) is 44.8 Å². The van der Waals surface area contributed by atoms with Gasteiger partial charge in [-0.1, -0.05) is 48.0 Å². The Morgan fingerprint density at radius 3 is 2.32 bits per heavy atom. The Hall–Kier alpha value is -2.50. The van der Waals surface area contributed by atoms with Crippen LogP contribution < -0.4 is 10.2 Å². The normalized spacial score (nSPS) is 21.5. The molecule has 2 heterocycles. The van der Waals surface area contributed by atoms with Crippen molar-refractivity contribution in [3.63, 3.8) is 0 Å². The molecular formula is C23H27N3O2. The summed E-state index contributed by atoms with van der Waals surface area (Å²) >= 11 is 0. The SMILES string of the molecule is Cc1ccc(N2C(=O)C[C@H](NC3CCN(Cc4ccccc4)CC3)C2=O)cc1. The maximum Gasteiger partial charge on any atom is 0.251 e. The molecular weight excluding hydrogens is 350 g/mol. The lowest BCUT2D eigenvalue weighted by atomic mass is 10.0. The quantitative estimate of drug-likeness (QED) is 0.814. The first-order valence-electron chi connectivity index (χ1n) is 10.1. The molecule has 5 nitrogen and oxygen atoms in total. The highest BCUT2D eigenvalue weighted by Crippen LogP contribution is 2.24. The number of benzene rings is 2. The van der Waals surface area contributed by atoms with Gasteiger partial charge in [-0.3, -0.25) is 14.5 Å². The predicted octanol–water partition coefficient (Wildman–Crippen LogP) is 2.88. The number of nitrogens with zero attached hydrogens (tertiary/aromatic N) is 2. The molecule has 28 heavy (non-hydrogen) atoms. The fourth-order valence-electron chi connectivity index (χ4n) is 4.11. The zero-order chi connectivity index (χ0) is 19.5. The summed E-state index contributed by atoms with van der Waals surface area (Å²) in [4.78, 5) is 29.0. The van der Waals surface area contributed by atoms with E-state index in [1.165, 1.54) is 10.5 Å². The van der Waals surface area contributed by atoms with Gasteiger partial charge in [-0.2, -0.15) is 0 Å². The van der Waals surface area contributed by atoms with E-state index in [9.17, 15) is 9.59 Å². The van der Waals surface area contributed by atoms with E-state index in [0.29, 0.717) is 5.69 Å². The second-order valence-electron chi connectivity index (χ2n) is 7.86. The molecule has 5 heteroatoms. The van der Waals surface area contributed by atoms with Crippen LogP contribution in [0.3, 0.4) is 0 Å². The molecule has 0 aromatic heterocycles. The Morgan fingerprint density at radius 1 is 0.964 bits per heavy atom. The fraction of sp³-hybridized carbons (Fsp3) is 0.391. The van der Waals surface area contributed by atoms with Gasteiger partial charge in [-0.25, -0.2) is 4.90 Å². The fourth-order valence-corrected chi connectivity index (χ4v) is 4.11. The monoisotopic (exact) mass is 377 g/mol. The summed E-state index contributed by atoms with van der Waals surface area (Å²) in [5.41, 5.74) is 3.11. The topological polar surface area (TPSA) is 52.7 Å². The minimum absolute atomic E-state index is 0.118. The van der Waals surface area contributed by atoms with Gasteiger partial charge < -0.3 is 5.32 Å². The van der Waals surface area contributed by atoms with Crippen LogP contribution in [-0.2, 0) is 16.1 Å². The summed E-state index contributed by atoms with van der Waals surface area (Å²) in [7, 11) is 0. The van der Waals surface area contributed by atoms with Crippen LogP contribution in [0.25, 0.3) is 0 Å². The van der Waals surface area contributed by atoms with Gasteiger partial charge in [0.1, 0.15) is 0 Å². The van der Waals surface area contributed by atoms with Gasteiger partial charge in [0.2, 0.25) is 5.91 Å². The zero-order valence-electron chi connectivity index (χ0n) is 16.3. The Bertz CT molecular complexity index is 827. The number of carbonyl (C=O) groups excluding carboxylic acids is 2. The summed E-state index contributed by atoms with van der Waals surface area (Å²) in [5.74, 6) is -0.242. The van der Waals surface area contributed by atoms with Gasteiger partial charge in [-0.05, 0) is 50.6 Å². The predicted molar refractivity (Wildman–Crippen MR) is 110 cm³/mol. The second kappa shape index (κ2) is 8.25. The molecule has 4 rings (SSSR count). The number of hydrogen-bond donors (Lipinski definition) is 1. The van der Waals surface area contributed by atoms with Crippen LogP contribution in [0.4, 0.5) is 5.69 Å². The molecule has 2 aliphatic rings. The summed E-state index contributed by atoms with van der Waals surface area (Å²) < 4.78 is 0.